The zero-order chi connectivity index (χ0) is 15.7. The van der Waals surface area contributed by atoms with E-state index in [1.807, 2.05) is 13.8 Å². The van der Waals surface area contributed by atoms with Crippen molar-refractivity contribution in [2.75, 3.05) is 12.5 Å². The third-order valence-corrected chi connectivity index (χ3v) is 3.11. The quantitative estimate of drug-likeness (QED) is 0.441. The van der Waals surface area contributed by atoms with Gasteiger partial charge in [-0.3, -0.25) is 0 Å². The molecule has 19 heavy (non-hydrogen) atoms. The summed E-state index contributed by atoms with van der Waals surface area (Å²) in [5.74, 6) is 0.434. The van der Waals surface area contributed by atoms with Crippen LogP contribution in [0.3, 0.4) is 0 Å². The molecule has 1 N–H and O–H groups in total. The van der Waals surface area contributed by atoms with Crippen molar-refractivity contribution < 1.29 is 25.9 Å². The second kappa shape index (κ2) is 4.81. The molecule has 0 spiro atoms. The first-order valence-corrected chi connectivity index (χ1v) is 11.2. The van der Waals surface area contributed by atoms with Gasteiger partial charge in [-0.05, 0) is 37.1 Å². The number of hydrogen-bond donors (Lipinski definition) is 1. The zero-order valence-electron chi connectivity index (χ0n) is 10.7. The number of phenols is 1. The Morgan fingerprint density at radius 1 is 0.895 bits per heavy atom. The van der Waals surface area contributed by atoms with Crippen molar-refractivity contribution in [3.05, 3.63) is 23.3 Å². The first kappa shape index (κ1) is 18.5. The van der Waals surface area contributed by atoms with Gasteiger partial charge in [0.25, 0.3) is 0 Å². The van der Waals surface area contributed by atoms with Gasteiger partial charge in [0.15, 0.2) is 4.90 Å². The first-order valence-electron chi connectivity index (χ1n) is 4.91. The Morgan fingerprint density at radius 3 is 1.37 bits per heavy atom. The average Bonchev–Trinajstić information content (AvgIpc) is 2.07. The number of aryl methyl sites for hydroxylation is 2. The summed E-state index contributed by atoms with van der Waals surface area (Å²) in [5.41, 5.74) is 1.96. The van der Waals surface area contributed by atoms with Crippen LogP contribution in [0.4, 0.5) is 20.8 Å². The predicted octanol–water partition coefficient (Wildman–Crippen LogP) is 4.39. The Bertz CT molecular complexity index is 433. The van der Waals surface area contributed by atoms with Gasteiger partial charge in [0.05, 0.1) is 0 Å². The Labute approximate surface area is 111 Å². The first-order chi connectivity index (χ1) is 7.97. The van der Waals surface area contributed by atoms with Crippen LogP contribution in [0.1, 0.15) is 11.1 Å². The van der Waals surface area contributed by atoms with E-state index in [-0.39, 0.29) is 10.9 Å². The van der Waals surface area contributed by atoms with Crippen molar-refractivity contribution in [2.45, 2.75) is 18.7 Å². The molecule has 0 aromatic heterocycles. The molecule has 0 aliphatic carbocycles. The molecule has 0 aliphatic heterocycles. The Balaban J connectivity index is 0.000000399. The minimum absolute atomic E-state index is 0.281. The summed E-state index contributed by atoms with van der Waals surface area (Å²) in [4.78, 5) is 1.32. The Hall–Kier alpha value is -0.492. The molecule has 0 radical (unpaired) electrons. The normalized spacial score (nSPS) is 15.3. The van der Waals surface area contributed by atoms with E-state index in [1.165, 1.54) is 4.90 Å². The fourth-order valence-electron chi connectivity index (χ4n) is 1.15. The molecule has 1 aromatic carbocycles. The SMILES string of the molecule is Cc1cc([S+](C)C)cc(C)c1O.F[As-](F)(F)(F)(F)F. The summed E-state index contributed by atoms with van der Waals surface area (Å²) in [7, 11) is 0.281. The zero-order valence-corrected chi connectivity index (χ0v) is 13.4. The molecule has 0 amide bonds. The summed E-state index contributed by atoms with van der Waals surface area (Å²) in [6, 6.07) is 4.12. The minimum atomic E-state index is -11.1. The van der Waals surface area contributed by atoms with Gasteiger partial charge in [-0.2, -0.15) is 0 Å². The monoisotopic (exact) mass is 372 g/mol. The van der Waals surface area contributed by atoms with Crippen molar-refractivity contribution in [3.63, 3.8) is 0 Å². The van der Waals surface area contributed by atoms with Crippen molar-refractivity contribution in [2.24, 2.45) is 0 Å². The summed E-state index contributed by atoms with van der Waals surface area (Å²) in [5, 5.41) is 9.52. The van der Waals surface area contributed by atoms with Crippen LogP contribution >= 0.6 is 0 Å². The van der Waals surface area contributed by atoms with E-state index in [1.54, 1.807) is 0 Å². The van der Waals surface area contributed by atoms with Crippen molar-refractivity contribution in [3.8, 4) is 5.75 Å². The molecule has 0 saturated heterocycles. The van der Waals surface area contributed by atoms with Crippen molar-refractivity contribution >= 4 is 25.1 Å². The molecule has 0 fully saturated rings. The fraction of sp³-hybridized carbons (Fsp3) is 0.400. The molecule has 9 heteroatoms. The van der Waals surface area contributed by atoms with E-state index in [4.69, 9.17) is 0 Å². The molecular formula is C10H15AsF6OS. The maximum absolute atomic E-state index is 11.1. The van der Waals surface area contributed by atoms with Gasteiger partial charge in [-0.25, -0.2) is 0 Å². The van der Waals surface area contributed by atoms with Crippen LogP contribution < -0.4 is 0 Å². The standard InChI is InChI=1S/C10H14OS.AsF6/c1-7-5-9(12(3)4)6-8(2)10(7)11;2-1(3,4,5,6)7/h5-6H,1-4H3;/q;-1/p+1. The van der Waals surface area contributed by atoms with Crippen LogP contribution in [0, 0.1) is 13.8 Å². The topological polar surface area (TPSA) is 20.2 Å². The van der Waals surface area contributed by atoms with E-state index in [0.717, 1.165) is 11.1 Å². The Morgan fingerprint density at radius 2 is 1.16 bits per heavy atom. The molecule has 0 unspecified atom stereocenters. The van der Waals surface area contributed by atoms with Crippen LogP contribution in [0.5, 0.6) is 5.75 Å². The second-order valence-corrected chi connectivity index (χ2v) is 10.3. The number of benzene rings is 1. The van der Waals surface area contributed by atoms with Gasteiger partial charge in [0.2, 0.25) is 0 Å². The van der Waals surface area contributed by atoms with Crippen molar-refractivity contribution in [1.29, 1.82) is 0 Å². The fourth-order valence-corrected chi connectivity index (χ4v) is 1.98. The molecule has 1 aromatic rings. The molecule has 0 atom stereocenters. The van der Waals surface area contributed by atoms with Gasteiger partial charge < -0.3 is 5.11 Å². The molecule has 114 valence electrons. The summed E-state index contributed by atoms with van der Waals surface area (Å²) in [6.07, 6.45) is 4.37. The molecule has 0 saturated carbocycles. The second-order valence-electron chi connectivity index (χ2n) is 4.18. The van der Waals surface area contributed by atoms with Crippen LogP contribution in [-0.4, -0.2) is 31.8 Å². The van der Waals surface area contributed by atoms with Gasteiger partial charge in [-0.1, -0.05) is 0 Å². The maximum atomic E-state index is 9.91. The van der Waals surface area contributed by atoms with Crippen LogP contribution in [0.15, 0.2) is 17.0 Å². The Kier molecular flexibility index (Phi) is 4.68. The third kappa shape index (κ3) is 11.1. The number of halogens is 6. The molecule has 1 nitrogen and oxygen atoms in total. The molecule has 0 aliphatic rings. The van der Waals surface area contributed by atoms with Crippen LogP contribution in [0.2, 0.25) is 0 Å². The van der Waals surface area contributed by atoms with Gasteiger partial charge in [0.1, 0.15) is 18.3 Å². The number of aromatic hydroxyl groups is 1. The average molecular weight is 372 g/mol. The molecular weight excluding hydrogens is 357 g/mol. The van der Waals surface area contributed by atoms with Crippen LogP contribution in [-0.2, 0) is 10.9 Å². The third-order valence-electron chi connectivity index (χ3n) is 1.94. The van der Waals surface area contributed by atoms with E-state index in [0.29, 0.717) is 5.75 Å². The van der Waals surface area contributed by atoms with Crippen LogP contribution in [0.25, 0.3) is 0 Å². The van der Waals surface area contributed by atoms with Gasteiger partial charge >= 0.3 is 35.0 Å². The molecule has 0 bridgehead atoms. The van der Waals surface area contributed by atoms with E-state index in [2.05, 4.69) is 24.6 Å². The van der Waals surface area contributed by atoms with Gasteiger partial charge in [0, 0.05) is 10.9 Å². The molecule has 1 rings (SSSR count). The summed E-state index contributed by atoms with van der Waals surface area (Å²) in [6.45, 7) is 3.89. The van der Waals surface area contributed by atoms with Gasteiger partial charge in [-0.15, -0.1) is 0 Å². The van der Waals surface area contributed by atoms with Crippen molar-refractivity contribution in [1.82, 2.24) is 0 Å². The number of phenolic OH excluding ortho intramolecular Hbond substituents is 1. The molecule has 0 heterocycles. The number of hydrogen-bond acceptors (Lipinski definition) is 1. The van der Waals surface area contributed by atoms with E-state index < -0.39 is 14.2 Å². The van der Waals surface area contributed by atoms with E-state index >= 15 is 0 Å². The predicted molar refractivity (Wildman–Crippen MR) is 67.5 cm³/mol. The van der Waals surface area contributed by atoms with E-state index in [9.17, 15) is 25.9 Å². The number of rotatable bonds is 1. The summed E-state index contributed by atoms with van der Waals surface area (Å²) < 4.78 is 59.4. The summed E-state index contributed by atoms with van der Waals surface area (Å²) >= 11 is -11.1.